The van der Waals surface area contributed by atoms with E-state index in [0.717, 1.165) is 30.8 Å². The number of nitrogens with zero attached hydrogens (tertiary/aromatic N) is 1. The van der Waals surface area contributed by atoms with Crippen molar-refractivity contribution in [3.05, 3.63) is 42.0 Å². The van der Waals surface area contributed by atoms with Crippen molar-refractivity contribution in [2.45, 2.75) is 55.1 Å². The molecule has 2 spiro atoms. The van der Waals surface area contributed by atoms with E-state index in [2.05, 4.69) is 35.4 Å². The van der Waals surface area contributed by atoms with Crippen molar-refractivity contribution in [3.63, 3.8) is 0 Å². The highest BCUT2D eigenvalue weighted by Gasteiger charge is 2.90. The summed E-state index contributed by atoms with van der Waals surface area (Å²) in [5, 5.41) is 15.8. The molecule has 6 nitrogen and oxygen atoms in total. The fraction of sp³-hybridized carbons (Fsp3) is 0.591. The summed E-state index contributed by atoms with van der Waals surface area (Å²) >= 11 is 0. The molecule has 0 radical (unpaired) electrons. The van der Waals surface area contributed by atoms with Gasteiger partial charge in [0.25, 0.3) is 0 Å². The molecule has 1 aromatic carbocycles. The summed E-state index contributed by atoms with van der Waals surface area (Å²) in [6.45, 7) is 6.01. The summed E-state index contributed by atoms with van der Waals surface area (Å²) in [5.74, 6) is -0.502. The van der Waals surface area contributed by atoms with Gasteiger partial charge in [-0.1, -0.05) is 30.4 Å². The molecular formula is C22H26N2O4. The number of carbonyl (C=O) groups excluding carboxylic acids is 1. The lowest BCUT2D eigenvalue weighted by atomic mass is 9.42. The second-order valence-electron chi connectivity index (χ2n) is 9.25. The first kappa shape index (κ1) is 17.0. The fourth-order valence-corrected chi connectivity index (χ4v) is 7.81. The Balaban J connectivity index is 1.76. The van der Waals surface area contributed by atoms with Gasteiger partial charge < -0.3 is 19.9 Å². The SMILES string of the molecule is COC(=O)[C@]12C[C@@]3(C=CCN4CC[C@@]5(c6ccccc6N[C@]51O)[C@@]43C)[C@H](C)O2. The van der Waals surface area contributed by atoms with Gasteiger partial charge in [-0.15, -0.1) is 0 Å². The minimum Gasteiger partial charge on any atom is -0.467 e. The Morgan fingerprint density at radius 1 is 1.39 bits per heavy atom. The molecule has 0 aromatic heterocycles. The molecule has 6 atom stereocenters. The smallest absolute Gasteiger partial charge is 0.343 e. The zero-order chi connectivity index (χ0) is 19.6. The molecule has 1 saturated carbocycles. The van der Waals surface area contributed by atoms with Crippen LogP contribution in [-0.2, 0) is 19.7 Å². The van der Waals surface area contributed by atoms with Crippen molar-refractivity contribution in [1.82, 2.24) is 4.90 Å². The van der Waals surface area contributed by atoms with Gasteiger partial charge in [-0.25, -0.2) is 4.79 Å². The maximum atomic E-state index is 13.3. The van der Waals surface area contributed by atoms with Gasteiger partial charge in [0.05, 0.1) is 18.6 Å². The number of hydrogen-bond donors (Lipinski definition) is 2. The summed E-state index contributed by atoms with van der Waals surface area (Å²) in [7, 11) is 1.37. The molecule has 3 fully saturated rings. The Kier molecular flexibility index (Phi) is 2.82. The number of aliphatic hydroxyl groups is 1. The standard InChI is InChI=1S/C22H26N2O4/c1-14-19-9-6-11-24-12-10-20(18(19,24)2)15-7-4-5-8-16(15)23-22(20,26)21(13-19,28-14)17(25)27-3/h4-9,14,23,26H,10-13H2,1-3H3/t14-,18-,19-,20+,21+,22-/m0/s1. The molecule has 28 heavy (non-hydrogen) atoms. The highest BCUT2D eigenvalue weighted by molar-refractivity contribution is 5.87. The van der Waals surface area contributed by atoms with Gasteiger partial charge in [-0.2, -0.15) is 0 Å². The van der Waals surface area contributed by atoms with Crippen molar-refractivity contribution in [1.29, 1.82) is 0 Å². The summed E-state index contributed by atoms with van der Waals surface area (Å²) in [6.07, 6.45) is 5.38. The summed E-state index contributed by atoms with van der Waals surface area (Å²) in [4.78, 5) is 15.7. The van der Waals surface area contributed by atoms with E-state index in [1.807, 2.05) is 25.1 Å². The van der Waals surface area contributed by atoms with Crippen LogP contribution in [0, 0.1) is 5.41 Å². The number of hydrogen-bond acceptors (Lipinski definition) is 6. The summed E-state index contributed by atoms with van der Waals surface area (Å²) < 4.78 is 11.7. The molecule has 2 N–H and O–H groups in total. The number of esters is 1. The summed E-state index contributed by atoms with van der Waals surface area (Å²) in [6, 6.07) is 8.06. The number of fused-ring (bicyclic) bond motifs is 3. The normalized spacial score (nSPS) is 49.9. The van der Waals surface area contributed by atoms with Gasteiger partial charge in [0.1, 0.15) is 0 Å². The lowest BCUT2D eigenvalue weighted by Crippen LogP contribution is -2.82. The second-order valence-corrected chi connectivity index (χ2v) is 9.25. The number of rotatable bonds is 1. The van der Waals surface area contributed by atoms with E-state index < -0.39 is 28.2 Å². The van der Waals surface area contributed by atoms with Crippen molar-refractivity contribution < 1.29 is 19.4 Å². The highest BCUT2D eigenvalue weighted by atomic mass is 16.6. The van der Waals surface area contributed by atoms with Crippen LogP contribution in [0.15, 0.2) is 36.4 Å². The zero-order valence-electron chi connectivity index (χ0n) is 16.5. The molecule has 2 saturated heterocycles. The third-order valence-corrected chi connectivity index (χ3v) is 8.93. The number of nitrogens with one attached hydrogen (secondary N) is 1. The van der Waals surface area contributed by atoms with Crippen LogP contribution in [0.4, 0.5) is 5.69 Å². The maximum absolute atomic E-state index is 13.3. The van der Waals surface area contributed by atoms with Crippen LogP contribution in [0.2, 0.25) is 0 Å². The number of para-hydroxylation sites is 1. The maximum Gasteiger partial charge on any atom is 0.343 e. The van der Waals surface area contributed by atoms with E-state index in [0.29, 0.717) is 6.42 Å². The molecule has 1 aliphatic carbocycles. The van der Waals surface area contributed by atoms with Crippen LogP contribution < -0.4 is 5.32 Å². The Hall–Kier alpha value is -1.89. The fourth-order valence-electron chi connectivity index (χ4n) is 7.81. The third-order valence-electron chi connectivity index (χ3n) is 8.93. The van der Waals surface area contributed by atoms with Gasteiger partial charge in [0.2, 0.25) is 5.60 Å². The highest BCUT2D eigenvalue weighted by Crippen LogP contribution is 2.77. The van der Waals surface area contributed by atoms with Crippen molar-refractivity contribution in [2.24, 2.45) is 5.41 Å². The van der Waals surface area contributed by atoms with Gasteiger partial charge in [-0.3, -0.25) is 4.90 Å². The van der Waals surface area contributed by atoms with Gasteiger partial charge in [0, 0.05) is 36.2 Å². The number of benzene rings is 1. The number of methoxy groups -OCH3 is 1. The van der Waals surface area contributed by atoms with E-state index in [1.165, 1.54) is 7.11 Å². The minimum atomic E-state index is -1.58. The first-order valence-corrected chi connectivity index (χ1v) is 10.1. The van der Waals surface area contributed by atoms with E-state index in [4.69, 9.17) is 9.47 Å². The topological polar surface area (TPSA) is 71.0 Å². The minimum absolute atomic E-state index is 0.228. The van der Waals surface area contributed by atoms with Crippen LogP contribution in [-0.4, -0.2) is 59.1 Å². The van der Waals surface area contributed by atoms with Crippen LogP contribution in [0.25, 0.3) is 0 Å². The molecule has 0 unspecified atom stereocenters. The second kappa shape index (κ2) is 4.64. The van der Waals surface area contributed by atoms with Crippen molar-refractivity contribution >= 4 is 11.7 Å². The zero-order valence-corrected chi connectivity index (χ0v) is 16.5. The molecular weight excluding hydrogens is 356 g/mol. The Bertz CT molecular complexity index is 948. The molecule has 2 bridgehead atoms. The largest absolute Gasteiger partial charge is 0.467 e. The quantitative estimate of drug-likeness (QED) is 0.570. The van der Waals surface area contributed by atoms with E-state index >= 15 is 0 Å². The van der Waals surface area contributed by atoms with Crippen molar-refractivity contribution in [2.75, 3.05) is 25.5 Å². The third kappa shape index (κ3) is 1.28. The Labute approximate surface area is 164 Å². The number of carbonyl (C=O) groups is 1. The van der Waals surface area contributed by atoms with E-state index in [1.54, 1.807) is 0 Å². The average Bonchev–Trinajstić information content (AvgIpc) is 3.26. The van der Waals surface area contributed by atoms with Gasteiger partial charge >= 0.3 is 5.97 Å². The molecule has 5 aliphatic rings. The van der Waals surface area contributed by atoms with Crippen LogP contribution in [0.1, 0.15) is 32.3 Å². The first-order chi connectivity index (χ1) is 13.3. The average molecular weight is 382 g/mol. The number of ether oxygens (including phenoxy) is 2. The summed E-state index contributed by atoms with van der Waals surface area (Å²) in [5.41, 5.74) is -2.55. The van der Waals surface area contributed by atoms with E-state index in [9.17, 15) is 9.90 Å². The lowest BCUT2D eigenvalue weighted by molar-refractivity contribution is -0.224. The van der Waals surface area contributed by atoms with Gasteiger partial charge in [0.15, 0.2) is 5.72 Å². The van der Waals surface area contributed by atoms with E-state index in [-0.39, 0.29) is 11.5 Å². The predicted molar refractivity (Wildman–Crippen MR) is 103 cm³/mol. The molecule has 6 rings (SSSR count). The lowest BCUT2D eigenvalue weighted by Gasteiger charge is -2.65. The van der Waals surface area contributed by atoms with Crippen molar-refractivity contribution in [3.8, 4) is 0 Å². The molecule has 0 amide bonds. The van der Waals surface area contributed by atoms with Crippen LogP contribution in [0.3, 0.4) is 0 Å². The number of anilines is 1. The van der Waals surface area contributed by atoms with Crippen LogP contribution in [0.5, 0.6) is 0 Å². The Morgan fingerprint density at radius 2 is 2.18 bits per heavy atom. The molecule has 1 aromatic rings. The van der Waals surface area contributed by atoms with Crippen LogP contribution >= 0.6 is 0 Å². The Morgan fingerprint density at radius 3 is 2.96 bits per heavy atom. The monoisotopic (exact) mass is 382 g/mol. The first-order valence-electron chi connectivity index (χ1n) is 10.1. The van der Waals surface area contributed by atoms with Gasteiger partial charge in [-0.05, 0) is 31.9 Å². The molecule has 148 valence electrons. The molecule has 6 heteroatoms. The molecule has 4 aliphatic heterocycles. The predicted octanol–water partition coefficient (Wildman–Crippen LogP) is 1.79. The molecule has 4 heterocycles.